The molecule has 0 saturated heterocycles. The van der Waals surface area contributed by atoms with Gasteiger partial charge >= 0.3 is 0 Å². The molecule has 0 aliphatic carbocycles. The summed E-state index contributed by atoms with van der Waals surface area (Å²) in [6.45, 7) is 0. The first kappa shape index (κ1) is 9.06. The van der Waals surface area contributed by atoms with Crippen LogP contribution in [0.3, 0.4) is 0 Å². The van der Waals surface area contributed by atoms with Crippen molar-refractivity contribution in [2.45, 2.75) is 5.88 Å². The molecule has 0 bridgehead atoms. The number of alkyl halides is 1. The summed E-state index contributed by atoms with van der Waals surface area (Å²) >= 11 is 7.73. The van der Waals surface area contributed by atoms with Gasteiger partial charge in [-0.2, -0.15) is 0 Å². The van der Waals surface area contributed by atoms with Crippen LogP contribution in [0, 0.1) is 3.70 Å². The Hall–Kier alpha value is -0.0300. The van der Waals surface area contributed by atoms with Gasteiger partial charge in [-0.15, -0.1) is 11.6 Å². The zero-order valence-electron chi connectivity index (χ0n) is 5.97. The molecule has 0 aliphatic rings. The van der Waals surface area contributed by atoms with Crippen LogP contribution in [-0.2, 0) is 5.88 Å². The fourth-order valence-electron chi connectivity index (χ4n) is 0.711. The fraction of sp³-hybridized carbons (Fsp3) is 0.286. The monoisotopic (exact) mass is 283 g/mol. The highest BCUT2D eigenvalue weighted by Crippen LogP contribution is 2.15. The predicted molar refractivity (Wildman–Crippen MR) is 53.1 cm³/mol. The van der Waals surface area contributed by atoms with E-state index in [2.05, 4.69) is 27.6 Å². The summed E-state index contributed by atoms with van der Waals surface area (Å²) in [6.07, 6.45) is 0. The minimum atomic E-state index is 0.424. The van der Waals surface area contributed by atoms with Gasteiger partial charge in [-0.25, -0.2) is 4.98 Å². The molecule has 0 saturated carbocycles. The van der Waals surface area contributed by atoms with E-state index in [4.69, 9.17) is 16.3 Å². The summed E-state index contributed by atoms with van der Waals surface area (Å²) in [6, 6.07) is 3.69. The standard InChI is InChI=1S/C7H7ClINO/c1-11-6-2-5(4-8)10-7(9)3-6/h2-3H,4H2,1H3. The van der Waals surface area contributed by atoms with E-state index in [1.165, 1.54) is 0 Å². The summed E-state index contributed by atoms with van der Waals surface area (Å²) in [5.74, 6) is 1.23. The van der Waals surface area contributed by atoms with Gasteiger partial charge in [0.25, 0.3) is 0 Å². The Morgan fingerprint density at radius 1 is 1.64 bits per heavy atom. The number of methoxy groups -OCH3 is 1. The van der Waals surface area contributed by atoms with Gasteiger partial charge in [0.2, 0.25) is 0 Å². The zero-order valence-corrected chi connectivity index (χ0v) is 8.89. The van der Waals surface area contributed by atoms with Crippen LogP contribution >= 0.6 is 34.2 Å². The molecule has 1 rings (SSSR count). The topological polar surface area (TPSA) is 22.1 Å². The van der Waals surface area contributed by atoms with Crippen molar-refractivity contribution < 1.29 is 4.74 Å². The van der Waals surface area contributed by atoms with Crippen molar-refractivity contribution in [1.29, 1.82) is 0 Å². The molecule has 2 nitrogen and oxygen atoms in total. The molecule has 0 unspecified atom stereocenters. The van der Waals surface area contributed by atoms with Crippen molar-refractivity contribution in [2.75, 3.05) is 7.11 Å². The number of nitrogens with zero attached hydrogens (tertiary/aromatic N) is 1. The van der Waals surface area contributed by atoms with Crippen LogP contribution in [0.5, 0.6) is 5.75 Å². The zero-order chi connectivity index (χ0) is 8.27. The number of rotatable bonds is 2. The van der Waals surface area contributed by atoms with E-state index in [9.17, 15) is 0 Å². The second-order valence-electron chi connectivity index (χ2n) is 1.95. The van der Waals surface area contributed by atoms with Crippen LogP contribution in [-0.4, -0.2) is 12.1 Å². The number of ether oxygens (including phenoxy) is 1. The molecule has 0 N–H and O–H groups in total. The highest BCUT2D eigenvalue weighted by Gasteiger charge is 1.98. The molecular weight excluding hydrogens is 276 g/mol. The van der Waals surface area contributed by atoms with Crippen LogP contribution in [0.4, 0.5) is 0 Å². The van der Waals surface area contributed by atoms with Gasteiger partial charge in [-0.1, -0.05) is 0 Å². The summed E-state index contributed by atoms with van der Waals surface area (Å²) in [7, 11) is 1.63. The molecule has 0 aliphatic heterocycles. The van der Waals surface area contributed by atoms with E-state index in [1.807, 2.05) is 12.1 Å². The molecule has 1 heterocycles. The van der Waals surface area contributed by atoms with Crippen molar-refractivity contribution >= 4 is 34.2 Å². The van der Waals surface area contributed by atoms with Gasteiger partial charge in [-0.3, -0.25) is 0 Å². The van der Waals surface area contributed by atoms with Gasteiger partial charge in [-0.05, 0) is 22.6 Å². The molecule has 0 radical (unpaired) electrons. The number of hydrogen-bond donors (Lipinski definition) is 0. The Morgan fingerprint density at radius 3 is 2.91 bits per heavy atom. The lowest BCUT2D eigenvalue weighted by Gasteiger charge is -2.01. The average molecular weight is 283 g/mol. The van der Waals surface area contributed by atoms with Crippen molar-refractivity contribution in [2.24, 2.45) is 0 Å². The average Bonchev–Trinajstić information content (AvgIpc) is 2.03. The summed E-state index contributed by atoms with van der Waals surface area (Å²) in [4.78, 5) is 4.18. The van der Waals surface area contributed by atoms with E-state index in [1.54, 1.807) is 7.11 Å². The lowest BCUT2D eigenvalue weighted by Crippen LogP contribution is -1.91. The molecule has 1 aromatic rings. The third-order valence-corrected chi connectivity index (χ3v) is 2.02. The van der Waals surface area contributed by atoms with Gasteiger partial charge < -0.3 is 4.74 Å². The maximum absolute atomic E-state index is 5.61. The molecule has 11 heavy (non-hydrogen) atoms. The summed E-state index contributed by atoms with van der Waals surface area (Å²) in [5, 5.41) is 0. The third kappa shape index (κ3) is 2.48. The van der Waals surface area contributed by atoms with Gasteiger partial charge in [0.1, 0.15) is 9.45 Å². The highest BCUT2D eigenvalue weighted by molar-refractivity contribution is 14.1. The first-order chi connectivity index (χ1) is 5.26. The van der Waals surface area contributed by atoms with Gasteiger partial charge in [0.05, 0.1) is 18.7 Å². The van der Waals surface area contributed by atoms with Crippen LogP contribution in [0.1, 0.15) is 5.69 Å². The number of halogens is 2. The molecule has 0 aromatic carbocycles. The smallest absolute Gasteiger partial charge is 0.123 e. The van der Waals surface area contributed by atoms with Gasteiger partial charge in [0.15, 0.2) is 0 Å². The lowest BCUT2D eigenvalue weighted by atomic mass is 10.4. The van der Waals surface area contributed by atoms with Crippen molar-refractivity contribution in [3.8, 4) is 5.75 Å². The van der Waals surface area contributed by atoms with Crippen molar-refractivity contribution in [3.05, 3.63) is 21.5 Å². The Morgan fingerprint density at radius 2 is 2.36 bits per heavy atom. The minimum Gasteiger partial charge on any atom is -0.497 e. The largest absolute Gasteiger partial charge is 0.497 e. The Balaban J connectivity index is 3.02. The first-order valence-corrected chi connectivity index (χ1v) is 4.64. The second-order valence-corrected chi connectivity index (χ2v) is 3.33. The molecule has 0 spiro atoms. The second kappa shape index (κ2) is 4.11. The number of aromatic nitrogens is 1. The third-order valence-electron chi connectivity index (χ3n) is 1.19. The quantitative estimate of drug-likeness (QED) is 0.472. The molecule has 0 atom stereocenters. The minimum absolute atomic E-state index is 0.424. The molecule has 0 fully saturated rings. The van der Waals surface area contributed by atoms with Gasteiger partial charge in [0, 0.05) is 12.1 Å². The Bertz CT molecular complexity index is 232. The maximum atomic E-state index is 5.61. The molecular formula is C7H7ClINO. The molecule has 1 aromatic heterocycles. The normalized spacial score (nSPS) is 9.73. The Labute approximate surface area is 84.1 Å². The van der Waals surface area contributed by atoms with E-state index in [0.29, 0.717) is 5.88 Å². The van der Waals surface area contributed by atoms with Crippen LogP contribution in [0.2, 0.25) is 0 Å². The van der Waals surface area contributed by atoms with E-state index in [-0.39, 0.29) is 0 Å². The van der Waals surface area contributed by atoms with E-state index in [0.717, 1.165) is 15.1 Å². The SMILES string of the molecule is COc1cc(I)nc(CCl)c1. The lowest BCUT2D eigenvalue weighted by molar-refractivity contribution is 0.413. The molecule has 4 heteroatoms. The number of pyridine rings is 1. The first-order valence-electron chi connectivity index (χ1n) is 3.02. The predicted octanol–water partition coefficient (Wildman–Crippen LogP) is 2.43. The van der Waals surface area contributed by atoms with E-state index >= 15 is 0 Å². The Kier molecular flexibility index (Phi) is 3.39. The molecule has 0 amide bonds. The summed E-state index contributed by atoms with van der Waals surface area (Å²) < 4.78 is 5.93. The highest BCUT2D eigenvalue weighted by atomic mass is 127. The summed E-state index contributed by atoms with van der Waals surface area (Å²) in [5.41, 5.74) is 0.843. The van der Waals surface area contributed by atoms with E-state index < -0.39 is 0 Å². The van der Waals surface area contributed by atoms with Crippen LogP contribution in [0.15, 0.2) is 12.1 Å². The van der Waals surface area contributed by atoms with Crippen molar-refractivity contribution in [3.63, 3.8) is 0 Å². The van der Waals surface area contributed by atoms with Crippen molar-refractivity contribution in [1.82, 2.24) is 4.98 Å². The maximum Gasteiger partial charge on any atom is 0.123 e. The van der Waals surface area contributed by atoms with Crippen LogP contribution < -0.4 is 4.74 Å². The van der Waals surface area contributed by atoms with Crippen LogP contribution in [0.25, 0.3) is 0 Å². The molecule has 60 valence electrons. The fourth-order valence-corrected chi connectivity index (χ4v) is 1.46. The number of hydrogen-bond acceptors (Lipinski definition) is 2.